The molecule has 200 valence electrons. The maximum atomic E-state index is 13.2. The van der Waals surface area contributed by atoms with E-state index >= 15 is 0 Å². The van der Waals surface area contributed by atoms with Gasteiger partial charge in [-0.25, -0.2) is 13.1 Å². The smallest absolute Gasteiger partial charge is 0.244 e. The van der Waals surface area contributed by atoms with Crippen molar-refractivity contribution in [1.29, 1.82) is 0 Å². The van der Waals surface area contributed by atoms with E-state index in [1.54, 1.807) is 18.2 Å². The van der Waals surface area contributed by atoms with Crippen LogP contribution in [0.4, 0.5) is 0 Å². The normalized spacial score (nSPS) is 24.4. The van der Waals surface area contributed by atoms with E-state index in [0.717, 1.165) is 36.8 Å². The lowest BCUT2D eigenvalue weighted by Crippen LogP contribution is -2.51. The van der Waals surface area contributed by atoms with E-state index in [1.165, 1.54) is 0 Å². The number of nitrogens with zero attached hydrogens (tertiary/aromatic N) is 2. The lowest BCUT2D eigenvalue weighted by Gasteiger charge is -2.44. The lowest BCUT2D eigenvalue weighted by molar-refractivity contribution is -0.134. The van der Waals surface area contributed by atoms with Crippen LogP contribution >= 0.6 is 0 Å². The molecular formula is C28H37N3O5S. The molecule has 2 N–H and O–H groups in total. The molecule has 1 saturated heterocycles. The number of nitrogens with one attached hydrogen (secondary N) is 1. The monoisotopic (exact) mass is 527 g/mol. The summed E-state index contributed by atoms with van der Waals surface area (Å²) in [6.45, 7) is 2.62. The van der Waals surface area contributed by atoms with Crippen molar-refractivity contribution in [3.63, 3.8) is 0 Å². The second kappa shape index (κ2) is 10.7. The van der Waals surface area contributed by atoms with Crippen molar-refractivity contribution >= 4 is 15.9 Å². The van der Waals surface area contributed by atoms with E-state index in [0.29, 0.717) is 50.9 Å². The Balaban J connectivity index is 1.43. The van der Waals surface area contributed by atoms with Crippen LogP contribution in [0.3, 0.4) is 0 Å². The molecule has 1 unspecified atom stereocenters. The third-order valence-corrected chi connectivity index (χ3v) is 9.31. The molecule has 5 rings (SSSR count). The molecule has 1 atom stereocenters. The highest BCUT2D eigenvalue weighted by molar-refractivity contribution is 7.89. The third-order valence-electron chi connectivity index (χ3n) is 7.85. The lowest BCUT2D eigenvalue weighted by atomic mass is 9.78. The summed E-state index contributed by atoms with van der Waals surface area (Å²) in [6, 6.07) is 14.9. The van der Waals surface area contributed by atoms with E-state index in [-0.39, 0.29) is 22.8 Å². The molecule has 0 radical (unpaired) electrons. The Morgan fingerprint density at radius 3 is 2.54 bits per heavy atom. The molecule has 2 aliphatic heterocycles. The molecule has 0 bridgehead atoms. The van der Waals surface area contributed by atoms with Gasteiger partial charge in [-0.1, -0.05) is 36.4 Å². The van der Waals surface area contributed by atoms with Gasteiger partial charge in [-0.05, 0) is 61.9 Å². The van der Waals surface area contributed by atoms with Crippen LogP contribution in [0.5, 0.6) is 5.75 Å². The van der Waals surface area contributed by atoms with Crippen molar-refractivity contribution in [3.8, 4) is 16.9 Å². The van der Waals surface area contributed by atoms with Crippen molar-refractivity contribution in [2.24, 2.45) is 11.3 Å². The first-order valence-corrected chi connectivity index (χ1v) is 14.7. The molecule has 8 nitrogen and oxygen atoms in total. The fourth-order valence-corrected chi connectivity index (χ4v) is 6.70. The van der Waals surface area contributed by atoms with Gasteiger partial charge in [0.25, 0.3) is 0 Å². The predicted octanol–water partition coefficient (Wildman–Crippen LogP) is 2.73. The van der Waals surface area contributed by atoms with E-state index in [9.17, 15) is 18.3 Å². The molecule has 2 aromatic rings. The number of likely N-dealkylation sites (tertiary alicyclic amines) is 1. The highest BCUT2D eigenvalue weighted by Gasteiger charge is 2.39. The largest absolute Gasteiger partial charge is 0.492 e. The van der Waals surface area contributed by atoms with Crippen LogP contribution in [0.2, 0.25) is 0 Å². The first kappa shape index (κ1) is 26.2. The fourth-order valence-electron chi connectivity index (χ4n) is 5.51. The highest BCUT2D eigenvalue weighted by Crippen LogP contribution is 2.38. The van der Waals surface area contributed by atoms with Crippen molar-refractivity contribution in [2.75, 3.05) is 46.4 Å². The second-order valence-electron chi connectivity index (χ2n) is 11.0. The Labute approximate surface area is 219 Å². The summed E-state index contributed by atoms with van der Waals surface area (Å²) in [5, 5.41) is 10.6. The zero-order valence-electron chi connectivity index (χ0n) is 21.4. The first-order chi connectivity index (χ1) is 17.7. The van der Waals surface area contributed by atoms with Gasteiger partial charge in [-0.15, -0.1) is 0 Å². The molecule has 37 heavy (non-hydrogen) atoms. The number of β-amino-alcohol motifs (C(OH)–C–C–N with tert-alkyl or cyclic N) is 1. The average molecular weight is 528 g/mol. The minimum absolute atomic E-state index is 0.0699. The van der Waals surface area contributed by atoms with Crippen LogP contribution in [-0.4, -0.2) is 81.7 Å². The third kappa shape index (κ3) is 6.34. The molecule has 1 aliphatic carbocycles. The zero-order chi connectivity index (χ0) is 26.0. The number of likely N-dealkylation sites (N-methyl/N-ethyl adjacent to an activating group) is 1. The summed E-state index contributed by atoms with van der Waals surface area (Å²) < 4.78 is 35.3. The summed E-state index contributed by atoms with van der Waals surface area (Å²) in [6.07, 6.45) is 3.66. The number of aliphatic hydroxyl groups is 1. The maximum absolute atomic E-state index is 13.2. The number of sulfonamides is 1. The van der Waals surface area contributed by atoms with Gasteiger partial charge in [0.1, 0.15) is 10.6 Å². The number of fused-ring (bicyclic) bond motifs is 1. The molecule has 1 spiro atoms. The summed E-state index contributed by atoms with van der Waals surface area (Å²) in [7, 11) is -1.95. The Kier molecular flexibility index (Phi) is 7.58. The SMILES string of the molecule is CN1CC(O)CNS(=O)(=O)c2ccc(-c3ccccc3)cc2OCC2(CCN(C(=O)CC3CC3)CC2)C1. The minimum Gasteiger partial charge on any atom is -0.492 e. The van der Waals surface area contributed by atoms with Crippen LogP contribution in [-0.2, 0) is 14.8 Å². The number of piperidine rings is 1. The van der Waals surface area contributed by atoms with Crippen LogP contribution in [0.15, 0.2) is 53.4 Å². The summed E-state index contributed by atoms with van der Waals surface area (Å²) in [5.74, 6) is 1.11. The Morgan fingerprint density at radius 2 is 1.84 bits per heavy atom. The molecule has 3 aliphatic rings. The van der Waals surface area contributed by atoms with Crippen molar-refractivity contribution in [2.45, 2.75) is 43.1 Å². The van der Waals surface area contributed by atoms with Crippen LogP contribution < -0.4 is 9.46 Å². The van der Waals surface area contributed by atoms with Crippen LogP contribution in [0, 0.1) is 11.3 Å². The molecular weight excluding hydrogens is 490 g/mol. The van der Waals surface area contributed by atoms with Gasteiger partial charge >= 0.3 is 0 Å². The molecule has 9 heteroatoms. The van der Waals surface area contributed by atoms with Gasteiger partial charge in [-0.2, -0.15) is 0 Å². The quantitative estimate of drug-likeness (QED) is 0.637. The van der Waals surface area contributed by atoms with E-state index in [2.05, 4.69) is 4.72 Å². The highest BCUT2D eigenvalue weighted by atomic mass is 32.2. The Bertz CT molecular complexity index is 1210. The number of aliphatic hydroxyl groups excluding tert-OH is 1. The van der Waals surface area contributed by atoms with Crippen molar-refractivity contribution < 1.29 is 23.1 Å². The van der Waals surface area contributed by atoms with Gasteiger partial charge in [0, 0.05) is 44.6 Å². The molecule has 1 amide bonds. The predicted molar refractivity (Wildman–Crippen MR) is 142 cm³/mol. The number of carbonyl (C=O) groups excluding carboxylic acids is 1. The zero-order valence-corrected chi connectivity index (χ0v) is 22.3. The minimum atomic E-state index is -3.89. The molecule has 2 aromatic carbocycles. The van der Waals surface area contributed by atoms with Gasteiger partial charge < -0.3 is 19.6 Å². The molecule has 1 saturated carbocycles. The topological polar surface area (TPSA) is 99.2 Å². The standard InChI is InChI=1S/C28H37N3O5S/c1-30-18-24(32)17-29-37(34,35)26-10-9-23(22-5-3-2-4-6-22)16-25(26)36-20-28(19-30)11-13-31(14-12-28)27(33)15-21-7-8-21/h2-6,9-10,16,21,24,29,32H,7-8,11-15,17-20H2,1H3. The number of hydrogen-bond donors (Lipinski definition) is 2. The molecule has 2 fully saturated rings. The summed E-state index contributed by atoms with van der Waals surface area (Å²) >= 11 is 0. The van der Waals surface area contributed by atoms with E-state index in [1.807, 2.05) is 47.2 Å². The van der Waals surface area contributed by atoms with E-state index in [4.69, 9.17) is 4.74 Å². The number of carbonyl (C=O) groups is 1. The van der Waals surface area contributed by atoms with Crippen LogP contribution in [0.25, 0.3) is 11.1 Å². The van der Waals surface area contributed by atoms with Gasteiger partial charge in [0.15, 0.2) is 0 Å². The Hall–Kier alpha value is -2.46. The number of benzene rings is 2. The van der Waals surface area contributed by atoms with Crippen molar-refractivity contribution in [1.82, 2.24) is 14.5 Å². The van der Waals surface area contributed by atoms with Crippen LogP contribution in [0.1, 0.15) is 32.1 Å². The van der Waals surface area contributed by atoms with E-state index < -0.39 is 16.1 Å². The first-order valence-electron chi connectivity index (χ1n) is 13.2. The molecule has 0 aromatic heterocycles. The maximum Gasteiger partial charge on any atom is 0.244 e. The second-order valence-corrected chi connectivity index (χ2v) is 12.8. The Morgan fingerprint density at radius 1 is 1.11 bits per heavy atom. The molecule has 2 heterocycles. The number of rotatable bonds is 3. The number of amides is 1. The number of ether oxygens (including phenoxy) is 1. The fraction of sp³-hybridized carbons (Fsp3) is 0.536. The van der Waals surface area contributed by atoms with Gasteiger partial charge in [0.05, 0.1) is 12.7 Å². The van der Waals surface area contributed by atoms with Gasteiger partial charge in [-0.3, -0.25) is 4.79 Å². The summed E-state index contributed by atoms with van der Waals surface area (Å²) in [4.78, 5) is 16.8. The number of hydrogen-bond acceptors (Lipinski definition) is 6. The van der Waals surface area contributed by atoms with Gasteiger partial charge in [0.2, 0.25) is 15.9 Å². The average Bonchev–Trinajstić information content (AvgIpc) is 3.70. The summed E-state index contributed by atoms with van der Waals surface area (Å²) in [5.41, 5.74) is 1.58. The van der Waals surface area contributed by atoms with Crippen molar-refractivity contribution in [3.05, 3.63) is 48.5 Å².